The Labute approximate surface area is 218 Å². The van der Waals surface area contributed by atoms with Gasteiger partial charge in [0.25, 0.3) is 0 Å². The summed E-state index contributed by atoms with van der Waals surface area (Å²) >= 11 is 7.50. The van der Waals surface area contributed by atoms with Gasteiger partial charge in [-0.1, -0.05) is 17.7 Å². The zero-order chi connectivity index (χ0) is 25.9. The van der Waals surface area contributed by atoms with Gasteiger partial charge in [-0.2, -0.15) is 0 Å². The van der Waals surface area contributed by atoms with Crippen LogP contribution >= 0.6 is 22.9 Å². The summed E-state index contributed by atoms with van der Waals surface area (Å²) in [6.45, 7) is 1.99. The van der Waals surface area contributed by atoms with Crippen LogP contribution in [0.5, 0.6) is 5.75 Å². The van der Waals surface area contributed by atoms with Crippen LogP contribution in [0.4, 0.5) is 5.69 Å². The summed E-state index contributed by atoms with van der Waals surface area (Å²) in [5.74, 6) is 0.0401. The van der Waals surface area contributed by atoms with Crippen molar-refractivity contribution in [2.24, 2.45) is 0 Å². The molecule has 1 N–H and O–H groups in total. The SMILES string of the molecule is COC(=O)c1cc(-c2ccc(Cl)s2)cc(C)c1NCc1cccnc1S(=O)(=O)c1ccc(OC)cc1. The average molecular weight is 543 g/mol. The van der Waals surface area contributed by atoms with E-state index < -0.39 is 15.8 Å². The molecule has 0 spiro atoms. The maximum atomic E-state index is 13.3. The number of anilines is 1. The number of esters is 1. The summed E-state index contributed by atoms with van der Waals surface area (Å²) in [5.41, 5.74) is 2.96. The van der Waals surface area contributed by atoms with Gasteiger partial charge < -0.3 is 14.8 Å². The number of carbonyl (C=O) groups is 1. The minimum Gasteiger partial charge on any atom is -0.497 e. The minimum absolute atomic E-state index is 0.0650. The number of thiophene rings is 1. The molecule has 2 heterocycles. The number of ether oxygens (including phenoxy) is 2. The summed E-state index contributed by atoms with van der Waals surface area (Å²) in [6, 6.07) is 16.9. The fourth-order valence-electron chi connectivity index (χ4n) is 3.76. The predicted octanol–water partition coefficient (Wildman–Crippen LogP) is 6.01. The molecule has 0 bridgehead atoms. The minimum atomic E-state index is -3.89. The number of methoxy groups -OCH3 is 2. The van der Waals surface area contributed by atoms with Crippen molar-refractivity contribution in [1.29, 1.82) is 0 Å². The second-order valence-electron chi connectivity index (χ2n) is 7.81. The average Bonchev–Trinajstić information content (AvgIpc) is 3.33. The Kier molecular flexibility index (Phi) is 7.63. The molecule has 0 saturated carbocycles. The third kappa shape index (κ3) is 5.23. The van der Waals surface area contributed by atoms with Crippen LogP contribution in [-0.4, -0.2) is 33.6 Å². The van der Waals surface area contributed by atoms with Crippen LogP contribution < -0.4 is 10.1 Å². The van der Waals surface area contributed by atoms with Gasteiger partial charge >= 0.3 is 5.97 Å². The van der Waals surface area contributed by atoms with E-state index in [9.17, 15) is 13.2 Å². The van der Waals surface area contributed by atoms with Crippen LogP contribution in [-0.2, 0) is 21.1 Å². The van der Waals surface area contributed by atoms with Crippen molar-refractivity contribution in [2.75, 3.05) is 19.5 Å². The Morgan fingerprint density at radius 2 is 1.83 bits per heavy atom. The number of rotatable bonds is 8. The topological polar surface area (TPSA) is 94.6 Å². The number of aromatic nitrogens is 1. The smallest absolute Gasteiger partial charge is 0.339 e. The van der Waals surface area contributed by atoms with Crippen LogP contribution in [0.2, 0.25) is 4.34 Å². The molecule has 2 aromatic carbocycles. The molecule has 186 valence electrons. The molecule has 0 aliphatic carbocycles. The Bertz CT molecular complexity index is 1520. The van der Waals surface area contributed by atoms with E-state index in [-0.39, 0.29) is 16.5 Å². The maximum Gasteiger partial charge on any atom is 0.339 e. The number of pyridine rings is 1. The molecule has 2 aromatic heterocycles. The molecule has 0 aliphatic heterocycles. The highest BCUT2D eigenvalue weighted by molar-refractivity contribution is 7.91. The summed E-state index contributed by atoms with van der Waals surface area (Å²) < 4.78 is 37.5. The molecule has 4 aromatic rings. The van der Waals surface area contributed by atoms with E-state index in [1.165, 1.54) is 43.9 Å². The highest BCUT2D eigenvalue weighted by atomic mass is 35.5. The highest BCUT2D eigenvalue weighted by Crippen LogP contribution is 2.35. The van der Waals surface area contributed by atoms with Gasteiger partial charge in [-0.25, -0.2) is 18.2 Å². The van der Waals surface area contributed by atoms with E-state index in [2.05, 4.69) is 10.3 Å². The Hall–Kier alpha value is -3.40. The number of sulfone groups is 1. The lowest BCUT2D eigenvalue weighted by atomic mass is 10.0. The standard InChI is InChI=1S/C26H23ClN2O5S2/c1-16-13-18(22-10-11-23(27)35-22)14-21(26(30)34-3)24(16)29-15-17-5-4-12-28-25(17)36(31,32)20-8-6-19(33-2)7-9-20/h4-14,29H,15H2,1-3H3. The first kappa shape index (κ1) is 25.7. The highest BCUT2D eigenvalue weighted by Gasteiger charge is 2.24. The monoisotopic (exact) mass is 542 g/mol. The maximum absolute atomic E-state index is 13.3. The number of hydrogen-bond acceptors (Lipinski definition) is 8. The Morgan fingerprint density at radius 1 is 1.08 bits per heavy atom. The molecule has 0 amide bonds. The molecule has 7 nitrogen and oxygen atoms in total. The van der Waals surface area contributed by atoms with E-state index >= 15 is 0 Å². The van der Waals surface area contributed by atoms with Gasteiger partial charge in [-0.05, 0) is 72.6 Å². The number of nitrogens with zero attached hydrogens (tertiary/aromatic N) is 1. The molecule has 10 heteroatoms. The van der Waals surface area contributed by atoms with Crippen LogP contribution in [0.3, 0.4) is 0 Å². The molecular formula is C26H23ClN2O5S2. The first-order chi connectivity index (χ1) is 17.2. The Morgan fingerprint density at radius 3 is 2.47 bits per heavy atom. The van der Waals surface area contributed by atoms with Crippen molar-refractivity contribution in [1.82, 2.24) is 4.98 Å². The van der Waals surface area contributed by atoms with Gasteiger partial charge in [-0.15, -0.1) is 11.3 Å². The van der Waals surface area contributed by atoms with Gasteiger partial charge in [0.05, 0.1) is 34.7 Å². The molecule has 0 saturated heterocycles. The van der Waals surface area contributed by atoms with E-state index in [1.807, 2.05) is 19.1 Å². The Balaban J connectivity index is 1.69. The molecule has 0 fully saturated rings. The first-order valence-electron chi connectivity index (χ1n) is 10.8. The molecular weight excluding hydrogens is 520 g/mol. The van der Waals surface area contributed by atoms with Crippen LogP contribution in [0.25, 0.3) is 10.4 Å². The van der Waals surface area contributed by atoms with Crippen molar-refractivity contribution in [2.45, 2.75) is 23.4 Å². The third-order valence-electron chi connectivity index (χ3n) is 5.53. The fraction of sp³-hybridized carbons (Fsp3) is 0.154. The van der Waals surface area contributed by atoms with E-state index in [0.717, 1.165) is 16.0 Å². The molecule has 4 rings (SSSR count). The molecule has 0 aliphatic rings. The van der Waals surface area contributed by atoms with Crippen molar-refractivity contribution < 1.29 is 22.7 Å². The number of aryl methyl sites for hydroxylation is 1. The van der Waals surface area contributed by atoms with Crippen molar-refractivity contribution in [3.05, 3.63) is 87.9 Å². The van der Waals surface area contributed by atoms with Crippen LogP contribution in [0, 0.1) is 6.92 Å². The van der Waals surface area contributed by atoms with Crippen molar-refractivity contribution in [3.8, 4) is 16.2 Å². The summed E-state index contributed by atoms with van der Waals surface area (Å²) in [6.07, 6.45) is 1.44. The largest absolute Gasteiger partial charge is 0.497 e. The first-order valence-corrected chi connectivity index (χ1v) is 13.5. The summed E-state index contributed by atoms with van der Waals surface area (Å²) in [7, 11) is -1.06. The lowest BCUT2D eigenvalue weighted by Crippen LogP contribution is -2.13. The zero-order valence-electron chi connectivity index (χ0n) is 19.7. The molecule has 0 atom stereocenters. The quantitative estimate of drug-likeness (QED) is 0.272. The van der Waals surface area contributed by atoms with Crippen molar-refractivity contribution >= 4 is 44.4 Å². The normalized spacial score (nSPS) is 11.2. The predicted molar refractivity (Wildman–Crippen MR) is 141 cm³/mol. The fourth-order valence-corrected chi connectivity index (χ4v) is 6.19. The lowest BCUT2D eigenvalue weighted by molar-refractivity contribution is 0.0601. The van der Waals surface area contributed by atoms with E-state index in [4.69, 9.17) is 21.1 Å². The van der Waals surface area contributed by atoms with Crippen molar-refractivity contribution in [3.63, 3.8) is 0 Å². The van der Waals surface area contributed by atoms with Gasteiger partial charge in [0, 0.05) is 23.2 Å². The second kappa shape index (κ2) is 10.7. The van der Waals surface area contributed by atoms with Gasteiger partial charge in [0.2, 0.25) is 9.84 Å². The van der Waals surface area contributed by atoms with Crippen LogP contribution in [0.1, 0.15) is 21.5 Å². The number of halogens is 1. The van der Waals surface area contributed by atoms with Gasteiger partial charge in [-0.3, -0.25) is 0 Å². The van der Waals surface area contributed by atoms with E-state index in [1.54, 1.807) is 36.4 Å². The van der Waals surface area contributed by atoms with E-state index in [0.29, 0.717) is 26.9 Å². The van der Waals surface area contributed by atoms with Crippen LogP contribution in [0.15, 0.2) is 76.8 Å². The third-order valence-corrected chi connectivity index (χ3v) is 8.58. The number of nitrogens with one attached hydrogen (secondary N) is 1. The summed E-state index contributed by atoms with van der Waals surface area (Å²) in [4.78, 5) is 17.8. The second-order valence-corrected chi connectivity index (χ2v) is 11.4. The molecule has 0 unspecified atom stereocenters. The summed E-state index contributed by atoms with van der Waals surface area (Å²) in [5, 5.41) is 3.17. The van der Waals surface area contributed by atoms with Gasteiger partial charge in [0.15, 0.2) is 5.03 Å². The zero-order valence-corrected chi connectivity index (χ0v) is 22.1. The number of carbonyl (C=O) groups excluding carboxylic acids is 1. The number of hydrogen-bond donors (Lipinski definition) is 1. The number of benzene rings is 2. The van der Waals surface area contributed by atoms with Gasteiger partial charge in [0.1, 0.15) is 5.75 Å². The molecule has 0 radical (unpaired) electrons. The molecule has 36 heavy (non-hydrogen) atoms. The lowest BCUT2D eigenvalue weighted by Gasteiger charge is -2.17.